The number of halogens is 1. The predicted molar refractivity (Wildman–Crippen MR) is 82.1 cm³/mol. The van der Waals surface area contributed by atoms with Crippen molar-refractivity contribution in [2.24, 2.45) is 5.92 Å². The van der Waals surface area contributed by atoms with E-state index in [0.717, 1.165) is 29.5 Å². The second kappa shape index (κ2) is 7.52. The Labute approximate surface area is 130 Å². The standard InChI is InChI=1S/C15H20N2O3.ClH/c18-15(10-16-8-11-1-2-11)17-9-12-3-4-13-14(7-12)20-6-5-19-13;/h3-4,7,11,16H,1-2,5-6,8-10H2,(H,17,18);1H. The second-order valence-electron chi connectivity index (χ2n) is 5.33. The Balaban J connectivity index is 0.00000161. The van der Waals surface area contributed by atoms with Crippen LogP contribution in [0.4, 0.5) is 0 Å². The number of carbonyl (C=O) groups excluding carboxylic acids is 1. The van der Waals surface area contributed by atoms with E-state index >= 15 is 0 Å². The van der Waals surface area contributed by atoms with E-state index in [-0.39, 0.29) is 18.3 Å². The second-order valence-corrected chi connectivity index (χ2v) is 5.33. The molecule has 0 aromatic heterocycles. The van der Waals surface area contributed by atoms with E-state index in [1.54, 1.807) is 0 Å². The van der Waals surface area contributed by atoms with Gasteiger partial charge in [-0.05, 0) is 43.0 Å². The average molecular weight is 313 g/mol. The third-order valence-corrected chi connectivity index (χ3v) is 3.51. The van der Waals surface area contributed by atoms with Crippen LogP contribution in [0.15, 0.2) is 18.2 Å². The fraction of sp³-hybridized carbons (Fsp3) is 0.533. The number of rotatable bonds is 6. The van der Waals surface area contributed by atoms with Crippen molar-refractivity contribution in [2.45, 2.75) is 19.4 Å². The molecule has 1 aromatic carbocycles. The summed E-state index contributed by atoms with van der Waals surface area (Å²) in [4.78, 5) is 11.7. The van der Waals surface area contributed by atoms with Crippen molar-refractivity contribution < 1.29 is 14.3 Å². The Morgan fingerprint density at radius 1 is 1.19 bits per heavy atom. The van der Waals surface area contributed by atoms with Crippen LogP contribution in [0.25, 0.3) is 0 Å². The van der Waals surface area contributed by atoms with Gasteiger partial charge in [0.05, 0.1) is 6.54 Å². The summed E-state index contributed by atoms with van der Waals surface area (Å²) in [7, 11) is 0. The van der Waals surface area contributed by atoms with Gasteiger partial charge in [-0.15, -0.1) is 12.4 Å². The highest BCUT2D eigenvalue weighted by Gasteiger charge is 2.20. The van der Waals surface area contributed by atoms with Crippen molar-refractivity contribution in [3.63, 3.8) is 0 Å². The van der Waals surface area contributed by atoms with Gasteiger partial charge >= 0.3 is 0 Å². The molecule has 21 heavy (non-hydrogen) atoms. The zero-order chi connectivity index (χ0) is 13.8. The molecule has 0 spiro atoms. The molecule has 3 rings (SSSR count). The lowest BCUT2D eigenvalue weighted by Crippen LogP contribution is -2.34. The van der Waals surface area contributed by atoms with Crippen molar-refractivity contribution in [2.75, 3.05) is 26.3 Å². The van der Waals surface area contributed by atoms with E-state index in [1.807, 2.05) is 18.2 Å². The number of nitrogens with one attached hydrogen (secondary N) is 2. The van der Waals surface area contributed by atoms with Crippen molar-refractivity contribution in [1.82, 2.24) is 10.6 Å². The minimum atomic E-state index is 0. The maximum atomic E-state index is 11.7. The number of benzene rings is 1. The van der Waals surface area contributed by atoms with Gasteiger partial charge in [0.25, 0.3) is 0 Å². The molecule has 0 saturated heterocycles. The van der Waals surface area contributed by atoms with Gasteiger partial charge in [0.2, 0.25) is 5.91 Å². The van der Waals surface area contributed by atoms with E-state index in [1.165, 1.54) is 12.8 Å². The Bertz CT molecular complexity index is 492. The van der Waals surface area contributed by atoms with Crippen LogP contribution in [-0.4, -0.2) is 32.2 Å². The molecule has 0 unspecified atom stereocenters. The molecule has 6 heteroatoms. The molecule has 2 N–H and O–H groups in total. The van der Waals surface area contributed by atoms with Crippen LogP contribution in [0.3, 0.4) is 0 Å². The Morgan fingerprint density at radius 3 is 2.71 bits per heavy atom. The molecule has 1 amide bonds. The zero-order valence-electron chi connectivity index (χ0n) is 11.9. The highest BCUT2D eigenvalue weighted by molar-refractivity contribution is 5.85. The molecule has 2 aliphatic rings. The molecule has 5 nitrogen and oxygen atoms in total. The first kappa shape index (κ1) is 15.9. The maximum absolute atomic E-state index is 11.7. The average Bonchev–Trinajstić information content (AvgIpc) is 3.29. The van der Waals surface area contributed by atoms with Crippen molar-refractivity contribution in [3.8, 4) is 11.5 Å². The van der Waals surface area contributed by atoms with Crippen LogP contribution in [0.2, 0.25) is 0 Å². The Morgan fingerprint density at radius 2 is 1.95 bits per heavy atom. The number of carbonyl (C=O) groups is 1. The highest BCUT2D eigenvalue weighted by Crippen LogP contribution is 2.30. The van der Waals surface area contributed by atoms with Gasteiger partial charge in [0.15, 0.2) is 11.5 Å². The Kier molecular flexibility index (Phi) is 5.70. The lowest BCUT2D eigenvalue weighted by molar-refractivity contribution is -0.120. The summed E-state index contributed by atoms with van der Waals surface area (Å²) in [6, 6.07) is 5.76. The molecule has 1 saturated carbocycles. The predicted octanol–water partition coefficient (Wildman–Crippen LogP) is 1.50. The molecular formula is C15H21ClN2O3. The van der Waals surface area contributed by atoms with E-state index in [4.69, 9.17) is 9.47 Å². The van der Waals surface area contributed by atoms with Crippen LogP contribution < -0.4 is 20.1 Å². The molecule has 0 atom stereocenters. The first-order chi connectivity index (χ1) is 9.81. The van der Waals surface area contributed by atoms with Gasteiger partial charge in [0.1, 0.15) is 13.2 Å². The maximum Gasteiger partial charge on any atom is 0.234 e. The fourth-order valence-corrected chi connectivity index (χ4v) is 2.17. The van der Waals surface area contributed by atoms with Crippen molar-refractivity contribution in [1.29, 1.82) is 0 Å². The molecule has 1 aromatic rings. The summed E-state index contributed by atoms with van der Waals surface area (Å²) in [5.41, 5.74) is 1.02. The van der Waals surface area contributed by atoms with Crippen LogP contribution in [-0.2, 0) is 11.3 Å². The quantitative estimate of drug-likeness (QED) is 0.835. The summed E-state index contributed by atoms with van der Waals surface area (Å²) in [6.45, 7) is 3.03. The first-order valence-electron chi connectivity index (χ1n) is 7.17. The van der Waals surface area contributed by atoms with Gasteiger partial charge in [-0.25, -0.2) is 0 Å². The highest BCUT2D eigenvalue weighted by atomic mass is 35.5. The third-order valence-electron chi connectivity index (χ3n) is 3.51. The normalized spacial score (nSPS) is 16.0. The summed E-state index contributed by atoms with van der Waals surface area (Å²) in [5, 5.41) is 6.08. The number of fused-ring (bicyclic) bond motifs is 1. The first-order valence-corrected chi connectivity index (χ1v) is 7.17. The Hall–Kier alpha value is -1.46. The molecule has 1 aliphatic heterocycles. The topological polar surface area (TPSA) is 59.6 Å². The van der Waals surface area contributed by atoms with Gasteiger partial charge in [0, 0.05) is 6.54 Å². The van der Waals surface area contributed by atoms with Crippen molar-refractivity contribution >= 4 is 18.3 Å². The van der Waals surface area contributed by atoms with E-state index < -0.39 is 0 Å². The van der Waals surface area contributed by atoms with E-state index in [9.17, 15) is 4.79 Å². The van der Waals surface area contributed by atoms with E-state index in [2.05, 4.69) is 10.6 Å². The van der Waals surface area contributed by atoms with Gasteiger partial charge in [-0.3, -0.25) is 4.79 Å². The van der Waals surface area contributed by atoms with Crippen LogP contribution in [0, 0.1) is 5.92 Å². The minimum absolute atomic E-state index is 0. The summed E-state index contributed by atoms with van der Waals surface area (Å²) in [6.07, 6.45) is 2.59. The number of ether oxygens (including phenoxy) is 2. The summed E-state index contributed by atoms with van der Waals surface area (Å²) in [5.74, 6) is 2.36. The van der Waals surface area contributed by atoms with Crippen LogP contribution in [0.5, 0.6) is 11.5 Å². The van der Waals surface area contributed by atoms with Crippen LogP contribution >= 0.6 is 12.4 Å². The lowest BCUT2D eigenvalue weighted by Gasteiger charge is -2.19. The number of hydrogen-bond acceptors (Lipinski definition) is 4. The molecule has 0 radical (unpaired) electrons. The largest absolute Gasteiger partial charge is 0.486 e. The van der Waals surface area contributed by atoms with E-state index in [0.29, 0.717) is 26.3 Å². The fourth-order valence-electron chi connectivity index (χ4n) is 2.17. The lowest BCUT2D eigenvalue weighted by atomic mass is 10.2. The molecule has 116 valence electrons. The van der Waals surface area contributed by atoms with Crippen molar-refractivity contribution in [3.05, 3.63) is 23.8 Å². The van der Waals surface area contributed by atoms with Crippen LogP contribution in [0.1, 0.15) is 18.4 Å². The number of hydrogen-bond donors (Lipinski definition) is 2. The zero-order valence-corrected chi connectivity index (χ0v) is 12.7. The molecule has 0 bridgehead atoms. The SMILES string of the molecule is Cl.O=C(CNCC1CC1)NCc1ccc2c(c1)OCCO2. The van der Waals surface area contributed by atoms with Gasteiger partial charge in [-0.1, -0.05) is 6.07 Å². The molecular weight excluding hydrogens is 292 g/mol. The molecule has 1 heterocycles. The summed E-state index contributed by atoms with van der Waals surface area (Å²) < 4.78 is 11.0. The van der Waals surface area contributed by atoms with Gasteiger partial charge < -0.3 is 20.1 Å². The molecule has 1 fully saturated rings. The number of amides is 1. The third kappa shape index (κ3) is 4.79. The monoisotopic (exact) mass is 312 g/mol. The smallest absolute Gasteiger partial charge is 0.234 e. The summed E-state index contributed by atoms with van der Waals surface area (Å²) >= 11 is 0. The molecule has 1 aliphatic carbocycles. The van der Waals surface area contributed by atoms with Gasteiger partial charge in [-0.2, -0.15) is 0 Å². The minimum Gasteiger partial charge on any atom is -0.486 e.